The molecule has 1 aliphatic rings. The third kappa shape index (κ3) is 2.60. The molecule has 106 valence electrons. The molecular formula is C15H18BrN3O. The lowest BCUT2D eigenvalue weighted by Crippen LogP contribution is -2.51. The number of benzene rings is 1. The van der Waals surface area contributed by atoms with Gasteiger partial charge < -0.3 is 15.2 Å². The van der Waals surface area contributed by atoms with Gasteiger partial charge in [0.1, 0.15) is 0 Å². The Kier molecular flexibility index (Phi) is 3.81. The van der Waals surface area contributed by atoms with Gasteiger partial charge in [-0.15, -0.1) is 0 Å². The molecule has 2 heterocycles. The molecule has 1 aliphatic heterocycles. The minimum Gasteiger partial charge on any atom is -0.361 e. The summed E-state index contributed by atoms with van der Waals surface area (Å²) in [4.78, 5) is 17.6. The van der Waals surface area contributed by atoms with E-state index in [-0.39, 0.29) is 5.91 Å². The number of amides is 1. The fraction of sp³-hybridized carbons (Fsp3) is 0.400. The molecule has 20 heavy (non-hydrogen) atoms. The summed E-state index contributed by atoms with van der Waals surface area (Å²) in [7, 11) is 0. The molecular weight excluding hydrogens is 318 g/mol. The van der Waals surface area contributed by atoms with Crippen molar-refractivity contribution in [1.29, 1.82) is 0 Å². The van der Waals surface area contributed by atoms with E-state index >= 15 is 0 Å². The molecule has 5 heteroatoms. The number of piperazine rings is 1. The van der Waals surface area contributed by atoms with Crippen LogP contribution in [0.5, 0.6) is 0 Å². The first-order chi connectivity index (χ1) is 9.65. The molecule has 2 aromatic rings. The Hall–Kier alpha value is -1.33. The third-order valence-corrected chi connectivity index (χ3v) is 4.46. The Morgan fingerprint density at radius 3 is 3.15 bits per heavy atom. The molecule has 1 aromatic heterocycles. The van der Waals surface area contributed by atoms with Crippen LogP contribution in [0.2, 0.25) is 0 Å². The minimum atomic E-state index is 0.204. The number of fused-ring (bicyclic) bond motifs is 1. The summed E-state index contributed by atoms with van der Waals surface area (Å²) < 4.78 is 1.03. The van der Waals surface area contributed by atoms with E-state index in [1.165, 1.54) is 0 Å². The van der Waals surface area contributed by atoms with Gasteiger partial charge in [-0.1, -0.05) is 22.0 Å². The van der Waals surface area contributed by atoms with E-state index in [9.17, 15) is 4.79 Å². The summed E-state index contributed by atoms with van der Waals surface area (Å²) in [6.45, 7) is 4.58. The number of hydrogen-bond acceptors (Lipinski definition) is 2. The molecule has 0 aliphatic carbocycles. The van der Waals surface area contributed by atoms with E-state index in [1.807, 2.05) is 29.3 Å². The molecule has 0 saturated carbocycles. The monoisotopic (exact) mass is 335 g/mol. The smallest absolute Gasteiger partial charge is 0.227 e. The molecule has 1 saturated heterocycles. The molecule has 3 rings (SSSR count). The third-order valence-electron chi connectivity index (χ3n) is 3.80. The lowest BCUT2D eigenvalue weighted by atomic mass is 10.1. The van der Waals surface area contributed by atoms with Gasteiger partial charge in [0, 0.05) is 47.2 Å². The Bertz CT molecular complexity index is 637. The number of H-pyrrole nitrogens is 1. The minimum absolute atomic E-state index is 0.204. The van der Waals surface area contributed by atoms with Crippen molar-refractivity contribution in [2.45, 2.75) is 19.4 Å². The van der Waals surface area contributed by atoms with Crippen molar-refractivity contribution in [1.82, 2.24) is 15.2 Å². The van der Waals surface area contributed by atoms with Gasteiger partial charge in [0.2, 0.25) is 5.91 Å². The normalized spacial score (nSPS) is 19.5. The van der Waals surface area contributed by atoms with Crippen LogP contribution in [0.4, 0.5) is 0 Å². The highest BCUT2D eigenvalue weighted by Crippen LogP contribution is 2.27. The van der Waals surface area contributed by atoms with Crippen molar-refractivity contribution in [3.8, 4) is 0 Å². The van der Waals surface area contributed by atoms with Gasteiger partial charge in [0.15, 0.2) is 0 Å². The number of carbonyl (C=O) groups excluding carboxylic acids is 1. The quantitative estimate of drug-likeness (QED) is 0.884. The highest BCUT2D eigenvalue weighted by atomic mass is 79.9. The highest BCUT2D eigenvalue weighted by Gasteiger charge is 2.21. The number of rotatable bonds is 2. The second kappa shape index (κ2) is 5.58. The maximum absolute atomic E-state index is 12.4. The van der Waals surface area contributed by atoms with Crippen LogP contribution in [0.15, 0.2) is 28.9 Å². The summed E-state index contributed by atoms with van der Waals surface area (Å²) in [6.07, 6.45) is 2.40. The maximum Gasteiger partial charge on any atom is 0.227 e. The lowest BCUT2D eigenvalue weighted by Gasteiger charge is -2.32. The SMILES string of the molecule is C[C@@H]1CN(C(=O)Cc2c[nH]c3cccc(Br)c23)CCN1. The second-order valence-corrected chi connectivity index (χ2v) is 6.20. The number of hydrogen-bond donors (Lipinski definition) is 2. The zero-order valence-corrected chi connectivity index (χ0v) is 13.0. The molecule has 4 nitrogen and oxygen atoms in total. The molecule has 1 aromatic carbocycles. The average molecular weight is 336 g/mol. The molecule has 2 N–H and O–H groups in total. The number of aromatic nitrogens is 1. The zero-order valence-electron chi connectivity index (χ0n) is 11.4. The summed E-state index contributed by atoms with van der Waals surface area (Å²) in [5, 5.41) is 4.47. The summed E-state index contributed by atoms with van der Waals surface area (Å²) >= 11 is 3.57. The standard InChI is InChI=1S/C15H18BrN3O/c1-10-9-19(6-5-17-10)14(20)7-11-8-18-13-4-2-3-12(16)15(11)13/h2-4,8,10,17-18H,5-7,9H2,1H3/t10-/m1/s1. The van der Waals surface area contributed by atoms with E-state index in [4.69, 9.17) is 0 Å². The predicted octanol–water partition coefficient (Wildman–Crippen LogP) is 2.29. The molecule has 1 fully saturated rings. The van der Waals surface area contributed by atoms with Crippen LogP contribution < -0.4 is 5.32 Å². The molecule has 0 bridgehead atoms. The number of carbonyl (C=O) groups is 1. The fourth-order valence-corrected chi connectivity index (χ4v) is 3.40. The molecule has 1 amide bonds. The number of halogens is 1. The number of nitrogens with zero attached hydrogens (tertiary/aromatic N) is 1. The van der Waals surface area contributed by atoms with Gasteiger partial charge in [0.05, 0.1) is 6.42 Å². The van der Waals surface area contributed by atoms with Gasteiger partial charge in [-0.05, 0) is 24.6 Å². The first kappa shape index (κ1) is 13.6. The van der Waals surface area contributed by atoms with Crippen molar-refractivity contribution >= 4 is 32.7 Å². The van der Waals surface area contributed by atoms with Crippen LogP contribution in [-0.4, -0.2) is 41.5 Å². The lowest BCUT2D eigenvalue weighted by molar-refractivity contribution is -0.131. The first-order valence-corrected chi connectivity index (χ1v) is 7.70. The largest absolute Gasteiger partial charge is 0.361 e. The fourth-order valence-electron chi connectivity index (χ4n) is 2.78. The predicted molar refractivity (Wildman–Crippen MR) is 83.7 cm³/mol. The van der Waals surface area contributed by atoms with Crippen molar-refractivity contribution in [3.05, 3.63) is 34.4 Å². The van der Waals surface area contributed by atoms with Crippen molar-refractivity contribution in [3.63, 3.8) is 0 Å². The van der Waals surface area contributed by atoms with Gasteiger partial charge in [-0.25, -0.2) is 0 Å². The van der Waals surface area contributed by atoms with Gasteiger partial charge >= 0.3 is 0 Å². The van der Waals surface area contributed by atoms with Crippen LogP contribution in [0.1, 0.15) is 12.5 Å². The van der Waals surface area contributed by atoms with E-state index in [1.54, 1.807) is 0 Å². The maximum atomic E-state index is 12.4. The Morgan fingerprint density at radius 2 is 2.35 bits per heavy atom. The van der Waals surface area contributed by atoms with Crippen LogP contribution >= 0.6 is 15.9 Å². The second-order valence-electron chi connectivity index (χ2n) is 5.35. The number of nitrogens with one attached hydrogen (secondary N) is 2. The number of aromatic amines is 1. The van der Waals surface area contributed by atoms with Crippen LogP contribution in [-0.2, 0) is 11.2 Å². The Morgan fingerprint density at radius 1 is 1.50 bits per heavy atom. The van der Waals surface area contributed by atoms with Crippen LogP contribution in [0.25, 0.3) is 10.9 Å². The van der Waals surface area contributed by atoms with Gasteiger partial charge in [0.25, 0.3) is 0 Å². The summed E-state index contributed by atoms with van der Waals surface area (Å²) in [5.41, 5.74) is 2.12. The first-order valence-electron chi connectivity index (χ1n) is 6.91. The summed E-state index contributed by atoms with van der Waals surface area (Å²) in [5.74, 6) is 0.204. The van der Waals surface area contributed by atoms with E-state index in [0.717, 1.165) is 40.6 Å². The summed E-state index contributed by atoms with van der Waals surface area (Å²) in [6, 6.07) is 6.41. The molecule has 0 unspecified atom stereocenters. The Labute approximate surface area is 126 Å². The van der Waals surface area contributed by atoms with Crippen molar-refractivity contribution in [2.75, 3.05) is 19.6 Å². The van der Waals surface area contributed by atoms with E-state index < -0.39 is 0 Å². The molecule has 1 atom stereocenters. The van der Waals surface area contributed by atoms with Crippen molar-refractivity contribution in [2.24, 2.45) is 0 Å². The van der Waals surface area contributed by atoms with E-state index in [2.05, 4.69) is 33.2 Å². The van der Waals surface area contributed by atoms with Crippen molar-refractivity contribution < 1.29 is 4.79 Å². The van der Waals surface area contributed by atoms with Crippen LogP contribution in [0.3, 0.4) is 0 Å². The van der Waals surface area contributed by atoms with Gasteiger partial charge in [-0.3, -0.25) is 4.79 Å². The Balaban J connectivity index is 1.81. The van der Waals surface area contributed by atoms with E-state index in [0.29, 0.717) is 12.5 Å². The topological polar surface area (TPSA) is 48.1 Å². The molecule has 0 radical (unpaired) electrons. The van der Waals surface area contributed by atoms with Crippen LogP contribution in [0, 0.1) is 0 Å². The average Bonchev–Trinajstić information content (AvgIpc) is 2.83. The van der Waals surface area contributed by atoms with Gasteiger partial charge in [-0.2, -0.15) is 0 Å². The molecule has 0 spiro atoms. The highest BCUT2D eigenvalue weighted by molar-refractivity contribution is 9.10. The zero-order chi connectivity index (χ0) is 14.1.